The van der Waals surface area contributed by atoms with Gasteiger partial charge in [-0.25, -0.2) is 4.98 Å². The molecule has 0 saturated heterocycles. The molecule has 0 atom stereocenters. The fraction of sp³-hybridized carbons (Fsp3) is 0.407. The van der Waals surface area contributed by atoms with Gasteiger partial charge in [-0.3, -0.25) is 9.79 Å². The molecule has 0 aliphatic carbocycles. The van der Waals surface area contributed by atoms with E-state index in [0.717, 1.165) is 39.4 Å². The van der Waals surface area contributed by atoms with Gasteiger partial charge in [0.05, 0.1) is 30.6 Å². The highest BCUT2D eigenvalue weighted by atomic mass is 32.2. The first-order valence-electron chi connectivity index (χ1n) is 12.8. The summed E-state index contributed by atoms with van der Waals surface area (Å²) in [5.74, 6) is 1.71. The van der Waals surface area contributed by atoms with Gasteiger partial charge in [-0.05, 0) is 44.3 Å². The third-order valence-electron chi connectivity index (χ3n) is 6.02. The van der Waals surface area contributed by atoms with Crippen LogP contribution in [-0.4, -0.2) is 84.4 Å². The smallest absolute Gasteiger partial charge is 0.241 e. The van der Waals surface area contributed by atoms with Crippen LogP contribution in [0.5, 0.6) is 5.75 Å². The van der Waals surface area contributed by atoms with E-state index in [9.17, 15) is 4.79 Å². The van der Waals surface area contributed by atoms with Crippen LogP contribution in [0, 0.1) is 0 Å². The Morgan fingerprint density at radius 1 is 1.33 bits per heavy atom. The van der Waals surface area contributed by atoms with E-state index in [0.29, 0.717) is 41.5 Å². The minimum atomic E-state index is 0.0582. The number of H-pyrrole nitrogens is 1. The van der Waals surface area contributed by atoms with Crippen molar-refractivity contribution in [3.8, 4) is 5.75 Å². The summed E-state index contributed by atoms with van der Waals surface area (Å²) in [4.78, 5) is 33.8. The van der Waals surface area contributed by atoms with Gasteiger partial charge in [0.25, 0.3) is 0 Å². The Hall–Kier alpha value is -3.77. The Balaban J connectivity index is 1.70. The summed E-state index contributed by atoms with van der Waals surface area (Å²) >= 11 is 1.66. The molecule has 3 heterocycles. The molecule has 1 aliphatic heterocycles. The molecule has 2 aromatic heterocycles. The third kappa shape index (κ3) is 6.45. The second-order valence-corrected chi connectivity index (χ2v) is 11.2. The van der Waals surface area contributed by atoms with Crippen molar-refractivity contribution in [3.63, 3.8) is 0 Å². The first-order chi connectivity index (χ1) is 18.7. The van der Waals surface area contributed by atoms with Crippen molar-refractivity contribution >= 4 is 56.9 Å². The first kappa shape index (κ1) is 28.2. The van der Waals surface area contributed by atoms with Gasteiger partial charge in [0.2, 0.25) is 11.9 Å². The summed E-state index contributed by atoms with van der Waals surface area (Å²) in [5.41, 5.74) is 4.94. The van der Waals surface area contributed by atoms with Crippen molar-refractivity contribution in [1.82, 2.24) is 25.2 Å². The van der Waals surface area contributed by atoms with Gasteiger partial charge in [0, 0.05) is 44.0 Å². The molecule has 0 fully saturated rings. The number of nitrogens with one attached hydrogen (secondary N) is 4. The molecule has 1 aromatic carbocycles. The molecule has 0 saturated carbocycles. The molecule has 1 amide bonds. The van der Waals surface area contributed by atoms with Crippen LogP contribution in [0.25, 0.3) is 11.0 Å². The standard InChI is InChI=1S/C27H37N9O2S/c1-16(2)39-26(29-4)20(14-28-3)31-25-24-18(8-10-30-24)32-27(34-25)33-19-13-21-17(12-22(19)38-7)9-11-36(21)23(37)15-35(5)6/h8,10,12-14,16,28,30H,9,11,15H2,1-7H3,(H2,31,32,33,34)/b20-14+,29-26+. The van der Waals surface area contributed by atoms with Gasteiger partial charge in [-0.2, -0.15) is 4.98 Å². The van der Waals surface area contributed by atoms with E-state index in [-0.39, 0.29) is 5.91 Å². The number of fused-ring (bicyclic) bond motifs is 2. The van der Waals surface area contributed by atoms with Gasteiger partial charge >= 0.3 is 0 Å². The highest BCUT2D eigenvalue weighted by Crippen LogP contribution is 2.38. The van der Waals surface area contributed by atoms with Crippen molar-refractivity contribution in [2.24, 2.45) is 4.99 Å². The Morgan fingerprint density at radius 3 is 2.79 bits per heavy atom. The summed E-state index contributed by atoms with van der Waals surface area (Å²) in [6, 6.07) is 5.82. The Morgan fingerprint density at radius 2 is 2.13 bits per heavy atom. The molecule has 208 valence electrons. The van der Waals surface area contributed by atoms with E-state index in [2.05, 4.69) is 39.8 Å². The highest BCUT2D eigenvalue weighted by molar-refractivity contribution is 8.14. The largest absolute Gasteiger partial charge is 0.495 e. The SMILES string of the molecule is C/N=C(SC(C)C)\C(=C/NC)Nc1nc(Nc2cc3c(cc2OC)CCN3C(=O)CN(C)C)nc2cc[nH]c12. The molecule has 3 aromatic rings. The molecule has 39 heavy (non-hydrogen) atoms. The molecule has 1 aliphatic rings. The van der Waals surface area contributed by atoms with Crippen LogP contribution in [0.1, 0.15) is 19.4 Å². The van der Waals surface area contributed by atoms with Crippen molar-refractivity contribution in [3.05, 3.63) is 41.9 Å². The zero-order valence-corrected chi connectivity index (χ0v) is 24.4. The number of rotatable bonds is 10. The lowest BCUT2D eigenvalue weighted by Gasteiger charge is -2.21. The number of hydrogen-bond acceptors (Lipinski definition) is 10. The average Bonchev–Trinajstić information content (AvgIpc) is 3.53. The van der Waals surface area contributed by atoms with Gasteiger partial charge < -0.3 is 35.5 Å². The van der Waals surface area contributed by atoms with Crippen LogP contribution >= 0.6 is 11.8 Å². The average molecular weight is 552 g/mol. The van der Waals surface area contributed by atoms with Crippen LogP contribution in [0.3, 0.4) is 0 Å². The van der Waals surface area contributed by atoms with Crippen LogP contribution in [0.4, 0.5) is 23.1 Å². The summed E-state index contributed by atoms with van der Waals surface area (Å²) in [6.45, 7) is 5.24. The molecule has 11 nitrogen and oxygen atoms in total. The lowest BCUT2D eigenvalue weighted by Crippen LogP contribution is -2.36. The summed E-state index contributed by atoms with van der Waals surface area (Å²) in [7, 11) is 9.04. The molecule has 0 bridgehead atoms. The molecule has 0 unspecified atom stereocenters. The molecular formula is C27H37N9O2S. The minimum Gasteiger partial charge on any atom is -0.495 e. The number of anilines is 4. The fourth-order valence-electron chi connectivity index (χ4n) is 4.39. The van der Waals surface area contributed by atoms with E-state index in [4.69, 9.17) is 14.7 Å². The highest BCUT2D eigenvalue weighted by Gasteiger charge is 2.27. The summed E-state index contributed by atoms with van der Waals surface area (Å²) in [6.07, 6.45) is 4.48. The van der Waals surface area contributed by atoms with E-state index < -0.39 is 0 Å². The number of aromatic amines is 1. The lowest BCUT2D eigenvalue weighted by molar-refractivity contribution is -0.119. The third-order valence-corrected chi connectivity index (χ3v) is 7.12. The van der Waals surface area contributed by atoms with Crippen LogP contribution in [0.2, 0.25) is 0 Å². The molecular weight excluding hydrogens is 514 g/mol. The van der Waals surface area contributed by atoms with Crippen molar-refractivity contribution in [2.75, 3.05) is 63.9 Å². The number of aromatic nitrogens is 3. The Kier molecular flexibility index (Phi) is 8.97. The topological polar surface area (TPSA) is 123 Å². The molecule has 0 radical (unpaired) electrons. The quantitative estimate of drug-likeness (QED) is 0.220. The number of ether oxygens (including phenoxy) is 1. The van der Waals surface area contributed by atoms with Crippen molar-refractivity contribution < 1.29 is 9.53 Å². The predicted molar refractivity (Wildman–Crippen MR) is 162 cm³/mol. The van der Waals surface area contributed by atoms with E-state index in [1.807, 2.05) is 61.5 Å². The molecule has 12 heteroatoms. The molecule has 4 rings (SSSR count). The van der Waals surface area contributed by atoms with Crippen molar-refractivity contribution in [2.45, 2.75) is 25.5 Å². The van der Waals surface area contributed by atoms with Crippen LogP contribution in [-0.2, 0) is 11.2 Å². The zero-order chi connectivity index (χ0) is 28.1. The summed E-state index contributed by atoms with van der Waals surface area (Å²) < 4.78 is 5.70. The number of carbonyl (C=O) groups excluding carboxylic acids is 1. The molecule has 0 spiro atoms. The van der Waals surface area contributed by atoms with Crippen LogP contribution in [0.15, 0.2) is 41.3 Å². The van der Waals surface area contributed by atoms with Gasteiger partial charge in [-0.15, -0.1) is 11.8 Å². The zero-order valence-electron chi connectivity index (χ0n) is 23.5. The van der Waals surface area contributed by atoms with Gasteiger partial charge in [0.15, 0.2) is 5.82 Å². The number of aliphatic imine (C=N–C) groups is 1. The first-order valence-corrected chi connectivity index (χ1v) is 13.7. The number of hydrogen-bond donors (Lipinski definition) is 4. The van der Waals surface area contributed by atoms with E-state index in [1.165, 1.54) is 0 Å². The number of likely N-dealkylation sites (N-methyl/N-ethyl adjacent to an activating group) is 1. The summed E-state index contributed by atoms with van der Waals surface area (Å²) in [5, 5.41) is 11.1. The monoisotopic (exact) mass is 551 g/mol. The minimum absolute atomic E-state index is 0.0582. The van der Waals surface area contributed by atoms with Crippen molar-refractivity contribution in [1.29, 1.82) is 0 Å². The second-order valence-electron chi connectivity index (χ2n) is 9.64. The van der Waals surface area contributed by atoms with Crippen LogP contribution < -0.4 is 25.6 Å². The number of methoxy groups -OCH3 is 1. The number of nitrogens with zero attached hydrogens (tertiary/aromatic N) is 5. The maximum atomic E-state index is 12.9. The van der Waals surface area contributed by atoms with E-state index >= 15 is 0 Å². The number of benzene rings is 1. The van der Waals surface area contributed by atoms with E-state index in [1.54, 1.807) is 25.9 Å². The van der Waals surface area contributed by atoms with Gasteiger partial charge in [0.1, 0.15) is 16.3 Å². The maximum Gasteiger partial charge on any atom is 0.241 e. The number of thioether (sulfide) groups is 1. The van der Waals surface area contributed by atoms with Gasteiger partial charge in [-0.1, -0.05) is 13.8 Å². The Bertz CT molecular complexity index is 1400. The second kappa shape index (κ2) is 12.4. The lowest BCUT2D eigenvalue weighted by atomic mass is 10.1. The number of carbonyl (C=O) groups is 1. The predicted octanol–water partition coefficient (Wildman–Crippen LogP) is 3.80. The maximum absolute atomic E-state index is 12.9. The Labute approximate surface area is 233 Å². The normalized spacial score (nSPS) is 13.8. The molecule has 4 N–H and O–H groups in total. The fourth-order valence-corrected chi connectivity index (χ4v) is 5.18. The number of amides is 1.